The number of hydrogen-bond acceptors (Lipinski definition) is 4. The molecule has 100 valence electrons. The largest absolute Gasteiger partial charge is 0.370 e. The van der Waals surface area contributed by atoms with E-state index in [0.29, 0.717) is 0 Å². The van der Waals surface area contributed by atoms with Crippen LogP contribution in [0.2, 0.25) is 0 Å². The van der Waals surface area contributed by atoms with E-state index in [1.165, 1.54) is 16.8 Å². The van der Waals surface area contributed by atoms with Crippen LogP contribution in [0.5, 0.6) is 0 Å². The van der Waals surface area contributed by atoms with Crippen LogP contribution < -0.4 is 16.2 Å². The van der Waals surface area contributed by atoms with E-state index in [2.05, 4.69) is 54.4 Å². The van der Waals surface area contributed by atoms with Gasteiger partial charge in [0.05, 0.1) is 0 Å². The van der Waals surface area contributed by atoms with Gasteiger partial charge in [0, 0.05) is 31.0 Å². The van der Waals surface area contributed by atoms with Crippen LogP contribution in [0.4, 0.5) is 11.5 Å². The topological polar surface area (TPSA) is 54.2 Å². The van der Waals surface area contributed by atoms with E-state index in [9.17, 15) is 0 Å². The van der Waals surface area contributed by atoms with E-state index in [0.717, 1.165) is 17.9 Å². The van der Waals surface area contributed by atoms with E-state index in [4.69, 9.17) is 5.84 Å². The van der Waals surface area contributed by atoms with Crippen LogP contribution >= 0.6 is 0 Å². The number of nitrogens with one attached hydrogen (secondary N) is 1. The summed E-state index contributed by atoms with van der Waals surface area (Å²) in [6.07, 6.45) is 1.73. The average Bonchev–Trinajstić information content (AvgIpc) is 2.39. The van der Waals surface area contributed by atoms with Gasteiger partial charge in [-0.25, -0.2) is 10.8 Å². The summed E-state index contributed by atoms with van der Waals surface area (Å²) in [5, 5.41) is 0. The highest BCUT2D eigenvalue weighted by Gasteiger charge is 2.08. The Labute approximate surface area is 114 Å². The Bertz CT molecular complexity index is 566. The Hall–Kier alpha value is -2.07. The van der Waals surface area contributed by atoms with Crippen molar-refractivity contribution in [2.75, 3.05) is 17.4 Å². The first-order chi connectivity index (χ1) is 9.11. The molecule has 0 saturated heterocycles. The fourth-order valence-electron chi connectivity index (χ4n) is 2.27. The zero-order valence-corrected chi connectivity index (χ0v) is 11.6. The third kappa shape index (κ3) is 3.03. The van der Waals surface area contributed by atoms with Gasteiger partial charge >= 0.3 is 0 Å². The maximum absolute atomic E-state index is 5.48. The Morgan fingerprint density at radius 1 is 1.26 bits per heavy atom. The molecule has 0 aliphatic carbocycles. The number of anilines is 2. The molecule has 0 aliphatic heterocycles. The molecular formula is C15H20N4. The van der Waals surface area contributed by atoms with Gasteiger partial charge < -0.3 is 10.3 Å². The van der Waals surface area contributed by atoms with Crippen molar-refractivity contribution in [1.29, 1.82) is 0 Å². The molecule has 19 heavy (non-hydrogen) atoms. The number of hydrazine groups is 1. The first kappa shape index (κ1) is 13.4. The van der Waals surface area contributed by atoms with Gasteiger partial charge in [0.2, 0.25) is 0 Å². The third-order valence-corrected chi connectivity index (χ3v) is 3.20. The molecule has 4 nitrogen and oxygen atoms in total. The quantitative estimate of drug-likeness (QED) is 0.652. The van der Waals surface area contributed by atoms with E-state index in [1.54, 1.807) is 6.20 Å². The molecule has 1 aromatic carbocycles. The number of nitrogens with zero attached hydrogens (tertiary/aromatic N) is 2. The van der Waals surface area contributed by atoms with Crippen molar-refractivity contribution < 1.29 is 0 Å². The minimum Gasteiger partial charge on any atom is -0.370 e. The van der Waals surface area contributed by atoms with Crippen LogP contribution in [0.25, 0.3) is 0 Å². The van der Waals surface area contributed by atoms with Crippen LogP contribution in [-0.4, -0.2) is 12.0 Å². The molecule has 0 spiro atoms. The lowest BCUT2D eigenvalue weighted by Gasteiger charge is -2.22. The summed E-state index contributed by atoms with van der Waals surface area (Å²) in [5.41, 5.74) is 7.48. The highest BCUT2D eigenvalue weighted by Crippen LogP contribution is 2.23. The lowest BCUT2D eigenvalue weighted by atomic mass is 10.1. The first-order valence-corrected chi connectivity index (χ1v) is 6.30. The Morgan fingerprint density at radius 2 is 2.05 bits per heavy atom. The lowest BCUT2D eigenvalue weighted by Crippen LogP contribution is -2.20. The second kappa shape index (κ2) is 5.71. The van der Waals surface area contributed by atoms with Gasteiger partial charge in [-0.3, -0.25) is 0 Å². The molecule has 0 amide bonds. The summed E-state index contributed by atoms with van der Waals surface area (Å²) in [6.45, 7) is 5.00. The Kier molecular flexibility index (Phi) is 4.02. The van der Waals surface area contributed by atoms with E-state index in [1.807, 2.05) is 12.1 Å². The molecule has 0 radical (unpaired) electrons. The van der Waals surface area contributed by atoms with Crippen LogP contribution in [0, 0.1) is 13.8 Å². The highest BCUT2D eigenvalue weighted by atomic mass is 15.3. The predicted molar refractivity (Wildman–Crippen MR) is 80.1 cm³/mol. The number of pyridine rings is 1. The van der Waals surface area contributed by atoms with Crippen molar-refractivity contribution in [3.05, 3.63) is 53.2 Å². The number of rotatable bonds is 4. The van der Waals surface area contributed by atoms with Gasteiger partial charge in [-0.05, 0) is 31.5 Å². The zero-order chi connectivity index (χ0) is 13.8. The first-order valence-electron chi connectivity index (χ1n) is 6.30. The number of aryl methyl sites for hydroxylation is 2. The predicted octanol–water partition coefficient (Wildman–Crippen LogP) is 2.62. The van der Waals surface area contributed by atoms with Gasteiger partial charge in [0.1, 0.15) is 5.82 Å². The normalized spacial score (nSPS) is 10.3. The SMILES string of the molecule is Cc1ccc(N(C)Cc2cccnc2NN)c(C)c1. The fourth-order valence-corrected chi connectivity index (χ4v) is 2.27. The summed E-state index contributed by atoms with van der Waals surface area (Å²) < 4.78 is 0. The Morgan fingerprint density at radius 3 is 2.74 bits per heavy atom. The maximum Gasteiger partial charge on any atom is 0.144 e. The van der Waals surface area contributed by atoms with Crippen molar-refractivity contribution in [2.45, 2.75) is 20.4 Å². The number of aromatic nitrogens is 1. The molecule has 0 aliphatic rings. The number of nitrogens with two attached hydrogens (primary N) is 1. The molecule has 4 heteroatoms. The molecule has 0 fully saturated rings. The van der Waals surface area contributed by atoms with E-state index >= 15 is 0 Å². The molecule has 1 aromatic heterocycles. The van der Waals surface area contributed by atoms with Crippen LogP contribution in [0.1, 0.15) is 16.7 Å². The van der Waals surface area contributed by atoms with E-state index < -0.39 is 0 Å². The average molecular weight is 256 g/mol. The van der Waals surface area contributed by atoms with Crippen molar-refractivity contribution in [3.63, 3.8) is 0 Å². The second-order valence-corrected chi connectivity index (χ2v) is 4.80. The summed E-state index contributed by atoms with van der Waals surface area (Å²) in [6, 6.07) is 10.4. The van der Waals surface area contributed by atoms with Gasteiger partial charge in [0.15, 0.2) is 0 Å². The monoisotopic (exact) mass is 256 g/mol. The van der Waals surface area contributed by atoms with Gasteiger partial charge in [-0.1, -0.05) is 23.8 Å². The molecule has 1 heterocycles. The molecule has 2 rings (SSSR count). The van der Waals surface area contributed by atoms with Crippen LogP contribution in [-0.2, 0) is 6.54 Å². The molecule has 0 unspecified atom stereocenters. The molecular weight excluding hydrogens is 236 g/mol. The van der Waals surface area contributed by atoms with Crippen molar-refractivity contribution >= 4 is 11.5 Å². The molecule has 2 aromatic rings. The van der Waals surface area contributed by atoms with Crippen molar-refractivity contribution in [2.24, 2.45) is 5.84 Å². The molecule has 0 saturated carbocycles. The van der Waals surface area contributed by atoms with Gasteiger partial charge in [-0.2, -0.15) is 0 Å². The number of hydrogen-bond donors (Lipinski definition) is 2. The zero-order valence-electron chi connectivity index (χ0n) is 11.6. The number of nitrogen functional groups attached to an aromatic ring is 1. The van der Waals surface area contributed by atoms with Crippen molar-refractivity contribution in [3.8, 4) is 0 Å². The van der Waals surface area contributed by atoms with Crippen LogP contribution in [0.15, 0.2) is 36.5 Å². The summed E-state index contributed by atoms with van der Waals surface area (Å²) in [4.78, 5) is 6.42. The van der Waals surface area contributed by atoms with Gasteiger partial charge in [-0.15, -0.1) is 0 Å². The molecule has 3 N–H and O–H groups in total. The standard InChI is InChI=1S/C15H20N4/c1-11-6-7-14(12(2)9-11)19(3)10-13-5-4-8-17-15(13)18-16/h4-9H,10,16H2,1-3H3,(H,17,18). The minimum absolute atomic E-state index is 0.721. The maximum atomic E-state index is 5.48. The molecule has 0 atom stereocenters. The minimum atomic E-state index is 0.721. The second-order valence-electron chi connectivity index (χ2n) is 4.80. The van der Waals surface area contributed by atoms with Crippen LogP contribution in [0.3, 0.4) is 0 Å². The smallest absolute Gasteiger partial charge is 0.144 e. The highest BCUT2D eigenvalue weighted by molar-refractivity contribution is 5.55. The lowest BCUT2D eigenvalue weighted by molar-refractivity contribution is 0.909. The molecule has 0 bridgehead atoms. The summed E-state index contributed by atoms with van der Waals surface area (Å²) in [5.74, 6) is 6.21. The van der Waals surface area contributed by atoms with E-state index in [-0.39, 0.29) is 0 Å². The fraction of sp³-hybridized carbons (Fsp3) is 0.267. The summed E-state index contributed by atoms with van der Waals surface area (Å²) >= 11 is 0. The van der Waals surface area contributed by atoms with Crippen molar-refractivity contribution in [1.82, 2.24) is 4.98 Å². The number of benzene rings is 1. The Balaban J connectivity index is 2.23. The van der Waals surface area contributed by atoms with Gasteiger partial charge in [0.25, 0.3) is 0 Å². The third-order valence-electron chi connectivity index (χ3n) is 3.20. The summed E-state index contributed by atoms with van der Waals surface area (Å²) in [7, 11) is 2.07.